The van der Waals surface area contributed by atoms with Gasteiger partial charge in [0.1, 0.15) is 0 Å². The normalized spacial score (nSPS) is 7.87. The average molecular weight is 440 g/mol. The van der Waals surface area contributed by atoms with Crippen LogP contribution in [0.4, 0.5) is 0 Å². The smallest absolute Gasteiger partial charge is 0.349 e. The number of nitrogens with zero attached hydrogens (tertiary/aromatic N) is 1. The molecular formula is C22H33NO8. The molecule has 31 heavy (non-hydrogen) atoms. The number of aliphatic carboxylic acids is 1. The van der Waals surface area contributed by atoms with Gasteiger partial charge in [0.15, 0.2) is 6.61 Å². The van der Waals surface area contributed by atoms with Gasteiger partial charge in [-0.15, -0.1) is 0 Å². The molecule has 1 N–H and O–H groups in total. The summed E-state index contributed by atoms with van der Waals surface area (Å²) in [4.78, 5) is 40.8. The summed E-state index contributed by atoms with van der Waals surface area (Å²) < 4.78 is 13.3. The number of carboxylic acid groups (broad SMARTS) is 1. The van der Waals surface area contributed by atoms with Crippen LogP contribution in [0.5, 0.6) is 0 Å². The fourth-order valence-electron chi connectivity index (χ4n) is 0.720. The van der Waals surface area contributed by atoms with E-state index in [2.05, 4.69) is 42.7 Å². The number of hydrogen-bond acceptors (Lipinski definition) is 8. The first-order valence-corrected chi connectivity index (χ1v) is 8.97. The molecule has 0 bridgehead atoms. The van der Waals surface area contributed by atoms with Crippen molar-refractivity contribution in [2.75, 3.05) is 13.2 Å². The summed E-state index contributed by atoms with van der Waals surface area (Å²) in [5.41, 5.74) is 1.20. The Morgan fingerprint density at radius 2 is 1.45 bits per heavy atom. The highest BCUT2D eigenvalue weighted by atomic mass is 16.6. The van der Waals surface area contributed by atoms with Crippen molar-refractivity contribution in [1.29, 1.82) is 5.26 Å². The number of carbonyl (C=O) groups is 4. The van der Waals surface area contributed by atoms with Crippen LogP contribution in [0.3, 0.4) is 0 Å². The van der Waals surface area contributed by atoms with Crippen molar-refractivity contribution in [2.24, 2.45) is 0 Å². The lowest BCUT2D eigenvalue weighted by atomic mass is 10.3. The number of carbonyl (C=O) groups excluding carboxylic acids is 3. The summed E-state index contributed by atoms with van der Waals surface area (Å²) >= 11 is 0. The van der Waals surface area contributed by atoms with E-state index in [4.69, 9.17) is 15.1 Å². The molecule has 0 unspecified atom stereocenters. The van der Waals surface area contributed by atoms with Crippen LogP contribution in [-0.2, 0) is 33.4 Å². The summed E-state index contributed by atoms with van der Waals surface area (Å²) in [7, 11) is 0. The zero-order valence-corrected chi connectivity index (χ0v) is 19.0. The van der Waals surface area contributed by atoms with Crippen LogP contribution < -0.4 is 0 Å². The van der Waals surface area contributed by atoms with E-state index in [9.17, 15) is 19.2 Å². The van der Waals surface area contributed by atoms with Crippen molar-refractivity contribution < 1.29 is 38.5 Å². The first-order valence-electron chi connectivity index (χ1n) is 8.97. The molecule has 0 radical (unpaired) electrons. The zero-order chi connectivity index (χ0) is 25.4. The van der Waals surface area contributed by atoms with E-state index < -0.39 is 17.9 Å². The van der Waals surface area contributed by atoms with Crippen molar-refractivity contribution in [3.8, 4) is 6.07 Å². The van der Waals surface area contributed by atoms with Gasteiger partial charge in [0, 0.05) is 23.6 Å². The minimum Gasteiger partial charge on any atom is -0.478 e. The predicted molar refractivity (Wildman–Crippen MR) is 116 cm³/mol. The van der Waals surface area contributed by atoms with Crippen LogP contribution in [0.25, 0.3) is 0 Å². The molecule has 0 rings (SSSR count). The number of hydrogen-bond donors (Lipinski definition) is 1. The molecule has 0 aliphatic rings. The maximum absolute atomic E-state index is 10.7. The summed E-state index contributed by atoms with van der Waals surface area (Å²) in [6.07, 6.45) is 2.95. The van der Waals surface area contributed by atoms with E-state index in [1.807, 2.05) is 6.07 Å². The first-order chi connectivity index (χ1) is 14.3. The highest BCUT2D eigenvalue weighted by Gasteiger charge is 2.01. The molecule has 0 amide bonds. The van der Waals surface area contributed by atoms with Crippen molar-refractivity contribution in [1.82, 2.24) is 0 Å². The highest BCUT2D eigenvalue weighted by Crippen LogP contribution is 1.94. The Kier molecular flexibility index (Phi) is 27.4. The zero-order valence-electron chi connectivity index (χ0n) is 19.0. The van der Waals surface area contributed by atoms with Crippen molar-refractivity contribution in [3.63, 3.8) is 0 Å². The van der Waals surface area contributed by atoms with E-state index >= 15 is 0 Å². The van der Waals surface area contributed by atoms with E-state index in [1.54, 1.807) is 13.8 Å². The number of nitriles is 1. The van der Waals surface area contributed by atoms with E-state index in [0.29, 0.717) is 17.8 Å². The fourth-order valence-corrected chi connectivity index (χ4v) is 0.720. The Balaban J connectivity index is -0.000000163. The quantitative estimate of drug-likeness (QED) is 0.149. The van der Waals surface area contributed by atoms with Gasteiger partial charge in [0.05, 0.1) is 18.9 Å². The lowest BCUT2D eigenvalue weighted by Gasteiger charge is -2.01. The maximum Gasteiger partial charge on any atom is 0.349 e. The number of allylic oxidation sites excluding steroid dienone is 1. The van der Waals surface area contributed by atoms with E-state index in [0.717, 1.165) is 19.1 Å². The third-order valence-electron chi connectivity index (χ3n) is 2.24. The standard InChI is InChI=1S/C8H14O2.C6H8O4.C4H5N.C4H6O2/c1-4-5-6-10-8(9)7(2)3;1-3-9-6(8)4-10-5(2)7;1-4(2)3-5;1-3(2)4(5)6/h2,4-6H2,1,3H3;3H,1,4H2,2H3;1H2,2H3;1H2,2H3,(H,5,6). The predicted octanol–water partition coefficient (Wildman–Crippen LogP) is 3.88. The molecule has 0 aliphatic carbocycles. The van der Waals surface area contributed by atoms with Gasteiger partial charge in [-0.1, -0.05) is 39.7 Å². The molecule has 0 fully saturated rings. The van der Waals surface area contributed by atoms with Gasteiger partial charge in [-0.25, -0.2) is 14.4 Å². The summed E-state index contributed by atoms with van der Waals surface area (Å²) in [6.45, 7) is 21.2. The third-order valence-corrected chi connectivity index (χ3v) is 2.24. The second kappa shape index (κ2) is 24.4. The van der Waals surface area contributed by atoms with Gasteiger partial charge >= 0.3 is 23.9 Å². The molecular weight excluding hydrogens is 406 g/mol. The van der Waals surface area contributed by atoms with E-state index in [1.165, 1.54) is 13.8 Å². The van der Waals surface area contributed by atoms with Gasteiger partial charge in [-0.3, -0.25) is 4.79 Å². The van der Waals surface area contributed by atoms with Gasteiger partial charge in [0.2, 0.25) is 0 Å². The molecule has 9 nitrogen and oxygen atoms in total. The third kappa shape index (κ3) is 41.7. The van der Waals surface area contributed by atoms with Crippen molar-refractivity contribution >= 4 is 23.9 Å². The maximum atomic E-state index is 10.7. The molecule has 0 saturated heterocycles. The number of ether oxygens (including phenoxy) is 3. The molecule has 0 aromatic rings. The lowest BCUT2D eigenvalue weighted by Crippen LogP contribution is -2.12. The molecule has 0 heterocycles. The van der Waals surface area contributed by atoms with Crippen LogP contribution >= 0.6 is 0 Å². The van der Waals surface area contributed by atoms with Gasteiger partial charge in [-0.2, -0.15) is 5.26 Å². The monoisotopic (exact) mass is 439 g/mol. The Bertz CT molecular complexity index is 659. The van der Waals surface area contributed by atoms with Gasteiger partial charge in [-0.05, 0) is 27.2 Å². The highest BCUT2D eigenvalue weighted by molar-refractivity contribution is 5.86. The number of carboxylic acids is 1. The largest absolute Gasteiger partial charge is 0.478 e. The lowest BCUT2D eigenvalue weighted by molar-refractivity contribution is -0.154. The molecule has 0 atom stereocenters. The molecule has 9 heteroatoms. The van der Waals surface area contributed by atoms with Crippen molar-refractivity contribution in [3.05, 3.63) is 49.3 Å². The minimum atomic E-state index is -0.935. The summed E-state index contributed by atoms with van der Waals surface area (Å²) in [5.74, 6) is -2.37. The Morgan fingerprint density at radius 3 is 1.71 bits per heavy atom. The average Bonchev–Trinajstić information content (AvgIpc) is 2.68. The topological polar surface area (TPSA) is 140 Å². The van der Waals surface area contributed by atoms with Gasteiger partial charge < -0.3 is 19.3 Å². The molecule has 174 valence electrons. The second-order valence-corrected chi connectivity index (χ2v) is 5.68. The first kappa shape index (κ1) is 34.8. The van der Waals surface area contributed by atoms with Crippen LogP contribution in [0.1, 0.15) is 47.5 Å². The van der Waals surface area contributed by atoms with Gasteiger partial charge in [0.25, 0.3) is 0 Å². The Hall–Kier alpha value is -3.67. The summed E-state index contributed by atoms with van der Waals surface area (Å²) in [6, 6.07) is 1.83. The number of rotatable bonds is 8. The van der Waals surface area contributed by atoms with Crippen LogP contribution in [0.2, 0.25) is 0 Å². The van der Waals surface area contributed by atoms with Crippen LogP contribution in [0, 0.1) is 11.3 Å². The fraction of sp³-hybridized carbons (Fsp3) is 0.409. The number of unbranched alkanes of at least 4 members (excludes halogenated alkanes) is 1. The summed E-state index contributed by atoms with van der Waals surface area (Å²) in [5, 5.41) is 15.7. The molecule has 0 aromatic carbocycles. The number of esters is 3. The second-order valence-electron chi connectivity index (χ2n) is 5.68. The molecule has 0 aromatic heterocycles. The Morgan fingerprint density at radius 1 is 1.00 bits per heavy atom. The molecule has 0 saturated carbocycles. The molecule has 0 aliphatic heterocycles. The SMILES string of the molecule is C=C(C)C#N.C=C(C)C(=O)O.C=C(C)C(=O)OCCCC.C=COC(=O)COC(C)=O. The van der Waals surface area contributed by atoms with E-state index in [-0.39, 0.29) is 18.1 Å². The van der Waals surface area contributed by atoms with Crippen LogP contribution in [0.15, 0.2) is 49.3 Å². The molecule has 0 spiro atoms. The van der Waals surface area contributed by atoms with Crippen LogP contribution in [-0.4, -0.2) is 42.2 Å². The van der Waals surface area contributed by atoms with Crippen molar-refractivity contribution in [2.45, 2.75) is 47.5 Å². The Labute approximate surface area is 184 Å². The minimum absolute atomic E-state index is 0.176.